The lowest BCUT2D eigenvalue weighted by molar-refractivity contribution is 0.0741. The SMILES string of the molecule is CS(=O)(=O)NC1CCN(C2Cc3ccccc3C2O)C1. The molecule has 0 saturated carbocycles. The van der Waals surface area contributed by atoms with Crippen molar-refractivity contribution in [2.24, 2.45) is 0 Å². The topological polar surface area (TPSA) is 69.6 Å². The lowest BCUT2D eigenvalue weighted by Crippen LogP contribution is -2.41. The Morgan fingerprint density at radius 3 is 2.80 bits per heavy atom. The summed E-state index contributed by atoms with van der Waals surface area (Å²) in [4.78, 5) is 2.20. The third-order valence-electron chi connectivity index (χ3n) is 4.24. The van der Waals surface area contributed by atoms with Gasteiger partial charge in [-0.15, -0.1) is 0 Å². The van der Waals surface area contributed by atoms with Gasteiger partial charge in [0.05, 0.1) is 12.4 Å². The highest BCUT2D eigenvalue weighted by molar-refractivity contribution is 7.88. The van der Waals surface area contributed by atoms with Crippen molar-refractivity contribution >= 4 is 10.0 Å². The van der Waals surface area contributed by atoms with Crippen LogP contribution in [0.2, 0.25) is 0 Å². The molecule has 1 aliphatic carbocycles. The van der Waals surface area contributed by atoms with Crippen molar-refractivity contribution in [1.82, 2.24) is 9.62 Å². The average Bonchev–Trinajstić information content (AvgIpc) is 2.93. The number of nitrogens with zero attached hydrogens (tertiary/aromatic N) is 1. The van der Waals surface area contributed by atoms with E-state index in [1.807, 2.05) is 18.2 Å². The normalized spacial score (nSPS) is 30.6. The van der Waals surface area contributed by atoms with E-state index in [1.165, 1.54) is 11.8 Å². The van der Waals surface area contributed by atoms with Crippen molar-refractivity contribution in [3.05, 3.63) is 35.4 Å². The molecule has 1 heterocycles. The molecule has 5 nitrogen and oxygen atoms in total. The van der Waals surface area contributed by atoms with Gasteiger partial charge < -0.3 is 5.11 Å². The van der Waals surface area contributed by atoms with Crippen molar-refractivity contribution in [3.8, 4) is 0 Å². The molecule has 0 bridgehead atoms. The van der Waals surface area contributed by atoms with Crippen LogP contribution in [0.25, 0.3) is 0 Å². The van der Waals surface area contributed by atoms with Crippen molar-refractivity contribution in [2.45, 2.75) is 31.0 Å². The summed E-state index contributed by atoms with van der Waals surface area (Å²) in [5.41, 5.74) is 2.21. The lowest BCUT2D eigenvalue weighted by Gasteiger charge is -2.26. The smallest absolute Gasteiger partial charge is 0.208 e. The number of hydrogen-bond donors (Lipinski definition) is 2. The van der Waals surface area contributed by atoms with Crippen LogP contribution in [-0.2, 0) is 16.4 Å². The number of likely N-dealkylation sites (tertiary alicyclic amines) is 1. The third kappa shape index (κ3) is 2.74. The van der Waals surface area contributed by atoms with E-state index >= 15 is 0 Å². The first-order valence-electron chi connectivity index (χ1n) is 6.91. The van der Waals surface area contributed by atoms with Crippen molar-refractivity contribution in [2.75, 3.05) is 19.3 Å². The van der Waals surface area contributed by atoms with Gasteiger partial charge in [-0.2, -0.15) is 0 Å². The average molecular weight is 296 g/mol. The van der Waals surface area contributed by atoms with E-state index in [4.69, 9.17) is 0 Å². The molecule has 2 aliphatic rings. The Kier molecular flexibility index (Phi) is 3.58. The summed E-state index contributed by atoms with van der Waals surface area (Å²) in [6, 6.07) is 8.00. The lowest BCUT2D eigenvalue weighted by atomic mass is 10.1. The predicted molar refractivity (Wildman–Crippen MR) is 76.9 cm³/mol. The maximum Gasteiger partial charge on any atom is 0.208 e. The maximum absolute atomic E-state index is 11.3. The molecule has 1 fully saturated rings. The Bertz CT molecular complexity index is 602. The van der Waals surface area contributed by atoms with E-state index in [1.54, 1.807) is 0 Å². The second-order valence-electron chi connectivity index (χ2n) is 5.79. The highest BCUT2D eigenvalue weighted by Gasteiger charge is 2.38. The zero-order chi connectivity index (χ0) is 14.3. The first kappa shape index (κ1) is 14.0. The number of fused-ring (bicyclic) bond motifs is 1. The summed E-state index contributed by atoms with van der Waals surface area (Å²) in [7, 11) is -3.16. The molecule has 3 unspecified atom stereocenters. The van der Waals surface area contributed by atoms with Gasteiger partial charge in [-0.25, -0.2) is 13.1 Å². The predicted octanol–water partition coefficient (Wildman–Crippen LogP) is 0.268. The summed E-state index contributed by atoms with van der Waals surface area (Å²) >= 11 is 0. The molecule has 1 saturated heterocycles. The Hall–Kier alpha value is -0.950. The summed E-state index contributed by atoms with van der Waals surface area (Å²) in [5, 5.41) is 10.4. The molecule has 110 valence electrons. The van der Waals surface area contributed by atoms with Gasteiger partial charge in [0.15, 0.2) is 0 Å². The second kappa shape index (κ2) is 5.11. The maximum atomic E-state index is 11.3. The van der Waals surface area contributed by atoms with Gasteiger partial charge in [0.25, 0.3) is 0 Å². The van der Waals surface area contributed by atoms with Crippen LogP contribution in [0.3, 0.4) is 0 Å². The molecular weight excluding hydrogens is 276 g/mol. The van der Waals surface area contributed by atoms with E-state index in [0.29, 0.717) is 6.54 Å². The second-order valence-corrected chi connectivity index (χ2v) is 7.57. The minimum Gasteiger partial charge on any atom is -0.387 e. The molecule has 0 aromatic heterocycles. The highest BCUT2D eigenvalue weighted by Crippen LogP contribution is 2.35. The molecule has 3 atom stereocenters. The van der Waals surface area contributed by atoms with E-state index in [0.717, 1.165) is 24.9 Å². The Labute approximate surface area is 119 Å². The first-order chi connectivity index (χ1) is 9.44. The van der Waals surface area contributed by atoms with Crippen molar-refractivity contribution in [3.63, 3.8) is 0 Å². The summed E-state index contributed by atoms with van der Waals surface area (Å²) < 4.78 is 25.2. The molecule has 0 radical (unpaired) electrons. The van der Waals surface area contributed by atoms with Crippen LogP contribution < -0.4 is 4.72 Å². The van der Waals surface area contributed by atoms with Crippen molar-refractivity contribution in [1.29, 1.82) is 0 Å². The van der Waals surface area contributed by atoms with E-state index in [2.05, 4.69) is 15.7 Å². The zero-order valence-corrected chi connectivity index (χ0v) is 12.3. The van der Waals surface area contributed by atoms with Gasteiger partial charge in [0.2, 0.25) is 10.0 Å². The Morgan fingerprint density at radius 2 is 2.10 bits per heavy atom. The Morgan fingerprint density at radius 1 is 1.35 bits per heavy atom. The molecule has 20 heavy (non-hydrogen) atoms. The van der Waals surface area contributed by atoms with Crippen LogP contribution in [0.4, 0.5) is 0 Å². The minimum atomic E-state index is -3.16. The van der Waals surface area contributed by atoms with Crippen LogP contribution in [0.1, 0.15) is 23.7 Å². The molecule has 0 amide bonds. The molecule has 1 aliphatic heterocycles. The van der Waals surface area contributed by atoms with Gasteiger partial charge >= 0.3 is 0 Å². The summed E-state index contributed by atoms with van der Waals surface area (Å²) in [6.45, 7) is 1.49. The molecule has 1 aromatic carbocycles. The fourth-order valence-electron chi connectivity index (χ4n) is 3.37. The number of hydrogen-bond acceptors (Lipinski definition) is 4. The number of nitrogens with one attached hydrogen (secondary N) is 1. The number of benzene rings is 1. The molecule has 1 aromatic rings. The monoisotopic (exact) mass is 296 g/mol. The van der Waals surface area contributed by atoms with E-state index in [9.17, 15) is 13.5 Å². The van der Waals surface area contributed by atoms with Gasteiger partial charge in [0, 0.05) is 25.2 Å². The van der Waals surface area contributed by atoms with Gasteiger partial charge in [-0.1, -0.05) is 24.3 Å². The van der Waals surface area contributed by atoms with Crippen LogP contribution in [0.5, 0.6) is 0 Å². The van der Waals surface area contributed by atoms with E-state index in [-0.39, 0.29) is 12.1 Å². The first-order valence-corrected chi connectivity index (χ1v) is 8.80. The fraction of sp³-hybridized carbons (Fsp3) is 0.571. The van der Waals surface area contributed by atoms with Crippen LogP contribution in [-0.4, -0.2) is 49.9 Å². The minimum absolute atomic E-state index is 0.0408. The third-order valence-corrected chi connectivity index (χ3v) is 5.00. The van der Waals surface area contributed by atoms with Crippen LogP contribution >= 0.6 is 0 Å². The number of sulfonamides is 1. The molecular formula is C14H20N2O3S. The highest BCUT2D eigenvalue weighted by atomic mass is 32.2. The van der Waals surface area contributed by atoms with Crippen LogP contribution in [0.15, 0.2) is 24.3 Å². The van der Waals surface area contributed by atoms with Crippen molar-refractivity contribution < 1.29 is 13.5 Å². The summed E-state index contributed by atoms with van der Waals surface area (Å²) in [5.74, 6) is 0. The van der Waals surface area contributed by atoms with Gasteiger partial charge in [-0.3, -0.25) is 4.90 Å². The standard InChI is InChI=1S/C14H20N2O3S/c1-20(18,19)15-11-6-7-16(9-11)13-8-10-4-2-3-5-12(10)14(13)17/h2-5,11,13-15,17H,6-9H2,1H3. The van der Waals surface area contributed by atoms with E-state index < -0.39 is 16.1 Å². The quantitative estimate of drug-likeness (QED) is 0.840. The van der Waals surface area contributed by atoms with Crippen LogP contribution in [0, 0.1) is 0 Å². The van der Waals surface area contributed by atoms with Gasteiger partial charge in [-0.05, 0) is 24.0 Å². The molecule has 0 spiro atoms. The largest absolute Gasteiger partial charge is 0.387 e. The fourth-order valence-corrected chi connectivity index (χ4v) is 4.17. The number of aliphatic hydroxyl groups is 1. The summed E-state index contributed by atoms with van der Waals surface area (Å²) in [6.07, 6.45) is 2.36. The zero-order valence-electron chi connectivity index (χ0n) is 11.5. The van der Waals surface area contributed by atoms with Gasteiger partial charge in [0.1, 0.15) is 0 Å². The Balaban J connectivity index is 1.68. The molecule has 2 N–H and O–H groups in total. The molecule has 6 heteroatoms. The number of aliphatic hydroxyl groups excluding tert-OH is 1. The molecule has 3 rings (SSSR count). The number of rotatable bonds is 3.